The lowest BCUT2D eigenvalue weighted by Gasteiger charge is -2.42. The SMILES string of the molecule is COc1ccc(OC)c(NC(N)=NCC2(N3CCSCC3)CCCC2)c1. The lowest BCUT2D eigenvalue weighted by Crippen LogP contribution is -2.52. The summed E-state index contributed by atoms with van der Waals surface area (Å²) in [5.74, 6) is 4.33. The van der Waals surface area contributed by atoms with Gasteiger partial charge in [-0.25, -0.2) is 0 Å². The van der Waals surface area contributed by atoms with Crippen LogP contribution in [-0.4, -0.2) is 61.8 Å². The first-order valence-corrected chi connectivity index (χ1v) is 10.4. The van der Waals surface area contributed by atoms with Crippen molar-refractivity contribution >= 4 is 23.4 Å². The Morgan fingerprint density at radius 1 is 1.23 bits per heavy atom. The van der Waals surface area contributed by atoms with E-state index in [9.17, 15) is 0 Å². The summed E-state index contributed by atoms with van der Waals surface area (Å²) in [5, 5.41) is 3.18. The number of rotatable bonds is 6. The Kier molecular flexibility index (Phi) is 6.53. The summed E-state index contributed by atoms with van der Waals surface area (Å²) in [6, 6.07) is 5.59. The normalized spacial score (nSPS) is 20.8. The first kappa shape index (κ1) is 19.2. The monoisotopic (exact) mass is 378 g/mol. The molecule has 3 N–H and O–H groups in total. The summed E-state index contributed by atoms with van der Waals surface area (Å²) in [6.07, 6.45) is 5.01. The van der Waals surface area contributed by atoms with E-state index >= 15 is 0 Å². The fourth-order valence-electron chi connectivity index (χ4n) is 3.97. The van der Waals surface area contributed by atoms with Crippen molar-refractivity contribution in [2.45, 2.75) is 31.2 Å². The number of anilines is 1. The maximum absolute atomic E-state index is 6.21. The number of benzene rings is 1. The van der Waals surface area contributed by atoms with Gasteiger partial charge in [-0.05, 0) is 25.0 Å². The van der Waals surface area contributed by atoms with Crippen molar-refractivity contribution in [1.82, 2.24) is 4.90 Å². The number of aliphatic imine (C=N–C) groups is 1. The molecule has 3 rings (SSSR count). The number of nitrogens with one attached hydrogen (secondary N) is 1. The molecule has 0 amide bonds. The summed E-state index contributed by atoms with van der Waals surface area (Å²) < 4.78 is 10.7. The second kappa shape index (κ2) is 8.86. The molecule has 2 aliphatic rings. The zero-order valence-electron chi connectivity index (χ0n) is 15.8. The molecule has 1 heterocycles. The Morgan fingerprint density at radius 3 is 2.62 bits per heavy atom. The molecule has 1 aliphatic heterocycles. The van der Waals surface area contributed by atoms with Crippen LogP contribution in [0.4, 0.5) is 5.69 Å². The highest BCUT2D eigenvalue weighted by Crippen LogP contribution is 2.37. The van der Waals surface area contributed by atoms with E-state index in [1.807, 2.05) is 30.0 Å². The van der Waals surface area contributed by atoms with Gasteiger partial charge in [-0.3, -0.25) is 9.89 Å². The molecule has 0 unspecified atom stereocenters. The average molecular weight is 379 g/mol. The topological polar surface area (TPSA) is 72.1 Å². The second-order valence-electron chi connectivity index (χ2n) is 6.92. The van der Waals surface area contributed by atoms with Crippen molar-refractivity contribution in [2.24, 2.45) is 10.7 Å². The Balaban J connectivity index is 1.70. The summed E-state index contributed by atoms with van der Waals surface area (Å²) in [6.45, 7) is 3.08. The number of methoxy groups -OCH3 is 2. The second-order valence-corrected chi connectivity index (χ2v) is 8.15. The molecule has 1 aromatic rings. The molecule has 0 atom stereocenters. The summed E-state index contributed by atoms with van der Waals surface area (Å²) in [7, 11) is 3.28. The molecule has 6 nitrogen and oxygen atoms in total. The number of hydrogen-bond acceptors (Lipinski definition) is 5. The lowest BCUT2D eigenvalue weighted by molar-refractivity contribution is 0.112. The van der Waals surface area contributed by atoms with Crippen LogP contribution in [0.3, 0.4) is 0 Å². The van der Waals surface area contributed by atoms with Gasteiger partial charge in [-0.15, -0.1) is 0 Å². The van der Waals surface area contributed by atoms with Crippen LogP contribution >= 0.6 is 11.8 Å². The Labute approximate surface area is 160 Å². The van der Waals surface area contributed by atoms with Crippen LogP contribution < -0.4 is 20.5 Å². The van der Waals surface area contributed by atoms with Crippen molar-refractivity contribution in [2.75, 3.05) is 50.7 Å². The molecule has 1 saturated carbocycles. The maximum Gasteiger partial charge on any atom is 0.193 e. The van der Waals surface area contributed by atoms with E-state index in [1.54, 1.807) is 14.2 Å². The Morgan fingerprint density at radius 2 is 1.96 bits per heavy atom. The van der Waals surface area contributed by atoms with Gasteiger partial charge in [0.15, 0.2) is 5.96 Å². The molecule has 0 aromatic heterocycles. The lowest BCUT2D eigenvalue weighted by atomic mass is 9.95. The van der Waals surface area contributed by atoms with E-state index in [-0.39, 0.29) is 5.54 Å². The standard InChI is InChI=1S/C19H30N4O2S/c1-24-15-5-6-17(25-2)16(13-15)22-18(20)21-14-19(7-3-4-8-19)23-9-11-26-12-10-23/h5-6,13H,3-4,7-12,14H2,1-2H3,(H3,20,21,22). The van der Waals surface area contributed by atoms with E-state index in [1.165, 1.54) is 37.2 Å². The predicted octanol–water partition coefficient (Wildman–Crippen LogP) is 2.79. The fraction of sp³-hybridized carbons (Fsp3) is 0.632. The molecule has 7 heteroatoms. The van der Waals surface area contributed by atoms with Gasteiger partial charge in [0.2, 0.25) is 0 Å². The van der Waals surface area contributed by atoms with Gasteiger partial charge in [-0.1, -0.05) is 12.8 Å². The molecule has 26 heavy (non-hydrogen) atoms. The van der Waals surface area contributed by atoms with Crippen LogP contribution in [-0.2, 0) is 0 Å². The average Bonchev–Trinajstić information content (AvgIpc) is 3.17. The summed E-state index contributed by atoms with van der Waals surface area (Å²) >= 11 is 2.05. The summed E-state index contributed by atoms with van der Waals surface area (Å²) in [5.41, 5.74) is 7.16. The highest BCUT2D eigenvalue weighted by molar-refractivity contribution is 7.99. The molecule has 1 aromatic carbocycles. The number of guanidine groups is 1. The molecule has 0 bridgehead atoms. The van der Waals surface area contributed by atoms with E-state index in [0.717, 1.165) is 31.1 Å². The third-order valence-corrected chi connectivity index (χ3v) is 6.37. The first-order valence-electron chi connectivity index (χ1n) is 9.29. The van der Waals surface area contributed by atoms with E-state index in [2.05, 4.69) is 10.2 Å². The molecule has 0 radical (unpaired) electrons. The Hall–Kier alpha value is -1.60. The third-order valence-electron chi connectivity index (χ3n) is 5.43. The highest BCUT2D eigenvalue weighted by atomic mass is 32.2. The van der Waals surface area contributed by atoms with Crippen molar-refractivity contribution in [3.05, 3.63) is 18.2 Å². The quantitative estimate of drug-likeness (QED) is 0.586. The number of nitrogens with zero attached hydrogens (tertiary/aromatic N) is 2. The molecule has 1 saturated heterocycles. The zero-order chi connectivity index (χ0) is 18.4. The third kappa shape index (κ3) is 4.38. The van der Waals surface area contributed by atoms with Gasteiger partial charge in [0.1, 0.15) is 11.5 Å². The van der Waals surface area contributed by atoms with Crippen LogP contribution in [0.1, 0.15) is 25.7 Å². The zero-order valence-corrected chi connectivity index (χ0v) is 16.6. The van der Waals surface area contributed by atoms with Gasteiger partial charge >= 0.3 is 0 Å². The molecule has 1 aliphatic carbocycles. The van der Waals surface area contributed by atoms with Crippen LogP contribution in [0.5, 0.6) is 11.5 Å². The molecule has 144 valence electrons. The van der Waals surface area contributed by atoms with Crippen LogP contribution in [0.25, 0.3) is 0 Å². The van der Waals surface area contributed by atoms with Crippen LogP contribution in [0.15, 0.2) is 23.2 Å². The van der Waals surface area contributed by atoms with Gasteiger partial charge in [0.25, 0.3) is 0 Å². The minimum atomic E-state index is 0.186. The predicted molar refractivity (Wildman–Crippen MR) is 110 cm³/mol. The summed E-state index contributed by atoms with van der Waals surface area (Å²) in [4.78, 5) is 7.37. The van der Waals surface area contributed by atoms with E-state index in [4.69, 9.17) is 20.2 Å². The smallest absolute Gasteiger partial charge is 0.193 e. The van der Waals surface area contributed by atoms with Crippen LogP contribution in [0, 0.1) is 0 Å². The number of ether oxygens (including phenoxy) is 2. The first-order chi connectivity index (χ1) is 12.7. The van der Waals surface area contributed by atoms with Gasteiger partial charge < -0.3 is 20.5 Å². The van der Waals surface area contributed by atoms with Crippen LogP contribution in [0.2, 0.25) is 0 Å². The van der Waals surface area contributed by atoms with Gasteiger partial charge in [-0.2, -0.15) is 11.8 Å². The number of thioether (sulfide) groups is 1. The van der Waals surface area contributed by atoms with Crippen molar-refractivity contribution in [3.63, 3.8) is 0 Å². The van der Waals surface area contributed by atoms with Gasteiger partial charge in [0, 0.05) is 36.2 Å². The van der Waals surface area contributed by atoms with E-state index in [0.29, 0.717) is 11.7 Å². The van der Waals surface area contributed by atoms with Crippen molar-refractivity contribution < 1.29 is 9.47 Å². The molecule has 2 fully saturated rings. The van der Waals surface area contributed by atoms with Crippen molar-refractivity contribution in [1.29, 1.82) is 0 Å². The van der Waals surface area contributed by atoms with Gasteiger partial charge in [0.05, 0.1) is 26.5 Å². The largest absolute Gasteiger partial charge is 0.497 e. The maximum atomic E-state index is 6.21. The van der Waals surface area contributed by atoms with Crippen molar-refractivity contribution in [3.8, 4) is 11.5 Å². The molecular weight excluding hydrogens is 348 g/mol. The molecular formula is C19H30N4O2S. The fourth-order valence-corrected chi connectivity index (χ4v) is 4.87. The minimum Gasteiger partial charge on any atom is -0.497 e. The highest BCUT2D eigenvalue weighted by Gasteiger charge is 2.39. The van der Waals surface area contributed by atoms with E-state index < -0.39 is 0 Å². The molecule has 0 spiro atoms. The Bertz CT molecular complexity index is 626. The minimum absolute atomic E-state index is 0.186. The number of nitrogens with two attached hydrogens (primary N) is 1. The number of hydrogen-bond donors (Lipinski definition) is 2.